The van der Waals surface area contributed by atoms with Crippen LogP contribution in [0.3, 0.4) is 0 Å². The smallest absolute Gasteiger partial charge is 0.0499 e. The highest BCUT2D eigenvalue weighted by Gasteiger charge is 1.99. The van der Waals surface area contributed by atoms with Gasteiger partial charge in [0, 0.05) is 36.5 Å². The van der Waals surface area contributed by atoms with Crippen LogP contribution >= 0.6 is 0 Å². The van der Waals surface area contributed by atoms with Crippen LogP contribution in [0.2, 0.25) is 0 Å². The molecule has 23 heavy (non-hydrogen) atoms. The van der Waals surface area contributed by atoms with Crippen LogP contribution in [-0.2, 0) is 6.54 Å². The van der Waals surface area contributed by atoms with Crippen LogP contribution in [0.5, 0.6) is 0 Å². The zero-order valence-electron chi connectivity index (χ0n) is 13.0. The Hall–Kier alpha value is -2.78. The van der Waals surface area contributed by atoms with Crippen LogP contribution < -0.4 is 5.32 Å². The van der Waals surface area contributed by atoms with Gasteiger partial charge in [0.15, 0.2) is 0 Å². The minimum absolute atomic E-state index is 0.844. The quantitative estimate of drug-likeness (QED) is 0.374. The Morgan fingerprint density at radius 1 is 0.870 bits per heavy atom. The van der Waals surface area contributed by atoms with Crippen molar-refractivity contribution in [1.82, 2.24) is 15.3 Å². The number of hydrogen-bond acceptors (Lipinski definition) is 1. The molecule has 0 aliphatic carbocycles. The van der Waals surface area contributed by atoms with Gasteiger partial charge in [-0.3, -0.25) is 0 Å². The first kappa shape index (κ1) is 15.1. The lowest BCUT2D eigenvalue weighted by molar-refractivity contribution is 0.764. The molecule has 4 rings (SSSR count). The number of aromatic amines is 2. The van der Waals surface area contributed by atoms with E-state index in [9.17, 15) is 0 Å². The van der Waals surface area contributed by atoms with Gasteiger partial charge in [0.05, 0.1) is 0 Å². The molecule has 2 aromatic heterocycles. The minimum atomic E-state index is 0.844. The Balaban J connectivity index is 0.000000149. The lowest BCUT2D eigenvalue weighted by atomic mass is 10.1. The monoisotopic (exact) mass is 303 g/mol. The number of benzene rings is 2. The van der Waals surface area contributed by atoms with Crippen LogP contribution in [-0.4, -0.2) is 16.5 Å². The van der Waals surface area contributed by atoms with E-state index < -0.39 is 0 Å². The Morgan fingerprint density at radius 2 is 1.65 bits per heavy atom. The molecule has 3 N–H and O–H groups in total. The van der Waals surface area contributed by atoms with Crippen LogP contribution in [0.1, 0.15) is 5.56 Å². The molecule has 116 valence electrons. The van der Waals surface area contributed by atoms with Gasteiger partial charge in [-0.25, -0.2) is 0 Å². The molecule has 2 heterocycles. The van der Waals surface area contributed by atoms with Gasteiger partial charge in [-0.1, -0.05) is 42.5 Å². The van der Waals surface area contributed by atoms with Crippen LogP contribution in [0.15, 0.2) is 79.6 Å². The van der Waals surface area contributed by atoms with Crippen molar-refractivity contribution in [1.29, 1.82) is 0 Å². The molecule has 0 aliphatic rings. The molecular weight excluding hydrogens is 282 g/mol. The molecule has 2 aromatic carbocycles. The summed E-state index contributed by atoms with van der Waals surface area (Å²) >= 11 is 0. The summed E-state index contributed by atoms with van der Waals surface area (Å²) in [5.41, 5.74) is 3.73. The summed E-state index contributed by atoms with van der Waals surface area (Å²) in [6.45, 7) is 5.40. The van der Waals surface area contributed by atoms with E-state index in [1.54, 1.807) is 0 Å². The van der Waals surface area contributed by atoms with E-state index in [0.29, 0.717) is 0 Å². The Labute approximate surface area is 136 Å². The molecule has 0 fully saturated rings. The summed E-state index contributed by atoms with van der Waals surface area (Å²) in [5.74, 6) is 0. The topological polar surface area (TPSA) is 43.6 Å². The average Bonchev–Trinajstić information content (AvgIpc) is 3.25. The highest BCUT2D eigenvalue weighted by molar-refractivity contribution is 5.82. The number of hydrogen-bond donors (Lipinski definition) is 3. The van der Waals surface area contributed by atoms with E-state index >= 15 is 0 Å². The summed E-state index contributed by atoms with van der Waals surface area (Å²) in [5, 5.41) is 5.84. The molecule has 0 amide bonds. The zero-order chi connectivity index (χ0) is 15.9. The van der Waals surface area contributed by atoms with Crippen molar-refractivity contribution in [3.63, 3.8) is 0 Å². The molecule has 0 bridgehead atoms. The van der Waals surface area contributed by atoms with E-state index in [1.165, 1.54) is 27.4 Å². The van der Waals surface area contributed by atoms with Gasteiger partial charge in [-0.2, -0.15) is 0 Å². The number of aromatic nitrogens is 2. The lowest BCUT2D eigenvalue weighted by Crippen LogP contribution is -2.12. The van der Waals surface area contributed by atoms with Crippen molar-refractivity contribution in [3.8, 4) is 0 Å². The van der Waals surface area contributed by atoms with Gasteiger partial charge in [0.2, 0.25) is 0 Å². The fourth-order valence-electron chi connectivity index (χ4n) is 2.60. The Kier molecular flexibility index (Phi) is 4.92. The number of fused-ring (bicyclic) bond motifs is 2. The molecule has 3 nitrogen and oxygen atoms in total. The molecule has 4 aromatic rings. The second kappa shape index (κ2) is 7.47. The Morgan fingerprint density at radius 3 is 2.52 bits per heavy atom. The van der Waals surface area contributed by atoms with Gasteiger partial charge in [-0.05, 0) is 34.5 Å². The second-order valence-corrected chi connectivity index (χ2v) is 5.34. The fraction of sp³-hybridized carbons (Fsp3) is 0.100. The molecule has 0 aliphatic heterocycles. The van der Waals surface area contributed by atoms with Gasteiger partial charge in [0.1, 0.15) is 0 Å². The van der Waals surface area contributed by atoms with Crippen molar-refractivity contribution in [2.24, 2.45) is 0 Å². The number of rotatable bonds is 4. The van der Waals surface area contributed by atoms with Crippen molar-refractivity contribution in [2.75, 3.05) is 6.54 Å². The number of nitrogens with one attached hydrogen (secondary N) is 3. The molecule has 0 spiro atoms. The van der Waals surface area contributed by atoms with Crippen molar-refractivity contribution < 1.29 is 0 Å². The maximum Gasteiger partial charge on any atom is 0.0499 e. The first-order chi connectivity index (χ1) is 11.4. The highest BCUT2D eigenvalue weighted by Crippen LogP contribution is 2.16. The summed E-state index contributed by atoms with van der Waals surface area (Å²) < 4.78 is 0. The van der Waals surface area contributed by atoms with Crippen LogP contribution in [0.4, 0.5) is 0 Å². The molecule has 0 saturated carbocycles. The first-order valence-corrected chi connectivity index (χ1v) is 7.77. The van der Waals surface area contributed by atoms with Crippen molar-refractivity contribution in [2.45, 2.75) is 6.54 Å². The van der Waals surface area contributed by atoms with E-state index in [2.05, 4.69) is 64.3 Å². The van der Waals surface area contributed by atoms with E-state index in [-0.39, 0.29) is 0 Å². The van der Waals surface area contributed by atoms with Crippen LogP contribution in [0, 0.1) is 0 Å². The molecule has 0 saturated heterocycles. The molecule has 0 atom stereocenters. The number of H-pyrrole nitrogens is 2. The average molecular weight is 303 g/mol. The van der Waals surface area contributed by atoms with Gasteiger partial charge < -0.3 is 15.3 Å². The largest absolute Gasteiger partial charge is 0.361 e. The zero-order valence-corrected chi connectivity index (χ0v) is 13.0. The lowest BCUT2D eigenvalue weighted by Gasteiger charge is -2.03. The van der Waals surface area contributed by atoms with Crippen LogP contribution in [0.25, 0.3) is 21.8 Å². The highest BCUT2D eigenvalue weighted by atomic mass is 14.8. The summed E-state index contributed by atoms with van der Waals surface area (Å²) in [6.07, 6.45) is 5.79. The van der Waals surface area contributed by atoms with Gasteiger partial charge >= 0.3 is 0 Å². The van der Waals surface area contributed by atoms with E-state index in [4.69, 9.17) is 0 Å². The summed E-state index contributed by atoms with van der Waals surface area (Å²) in [6, 6.07) is 18.7. The second-order valence-electron chi connectivity index (χ2n) is 5.34. The van der Waals surface area contributed by atoms with Crippen molar-refractivity contribution >= 4 is 21.8 Å². The minimum Gasteiger partial charge on any atom is -0.361 e. The predicted molar refractivity (Wildman–Crippen MR) is 98.5 cm³/mol. The first-order valence-electron chi connectivity index (χ1n) is 7.77. The SMILES string of the molecule is C=CCNCc1cccc2cc[nH]c12.c1ccc2[nH]ccc2c1. The third-order valence-electron chi connectivity index (χ3n) is 3.74. The van der Waals surface area contributed by atoms with E-state index in [0.717, 1.165) is 13.1 Å². The molecule has 0 unspecified atom stereocenters. The predicted octanol–water partition coefficient (Wildman–Crippen LogP) is 4.61. The normalized spacial score (nSPS) is 10.4. The van der Waals surface area contributed by atoms with Gasteiger partial charge in [-0.15, -0.1) is 6.58 Å². The third kappa shape index (κ3) is 3.71. The van der Waals surface area contributed by atoms with E-state index in [1.807, 2.05) is 30.6 Å². The maximum absolute atomic E-state index is 3.67. The fourth-order valence-corrected chi connectivity index (χ4v) is 2.60. The number of para-hydroxylation sites is 2. The summed E-state index contributed by atoms with van der Waals surface area (Å²) in [4.78, 5) is 6.37. The van der Waals surface area contributed by atoms with Crippen molar-refractivity contribution in [3.05, 3.63) is 85.2 Å². The molecule has 0 radical (unpaired) electrons. The third-order valence-corrected chi connectivity index (χ3v) is 3.74. The Bertz CT molecular complexity index is 856. The molecular formula is C20H21N3. The van der Waals surface area contributed by atoms with Gasteiger partial charge in [0.25, 0.3) is 0 Å². The molecule has 3 heteroatoms. The maximum atomic E-state index is 3.67. The standard InChI is InChI=1S/C12H14N2.C8H7N/c1-2-7-13-9-11-5-3-4-10-6-8-14-12(10)11;1-2-4-8-7(3-1)5-6-9-8/h2-6,8,13-14H,1,7,9H2;1-6,9H. The summed E-state index contributed by atoms with van der Waals surface area (Å²) in [7, 11) is 0.